The molecule has 0 radical (unpaired) electrons. The van der Waals surface area contributed by atoms with Crippen molar-refractivity contribution in [2.45, 2.75) is 6.92 Å². The summed E-state index contributed by atoms with van der Waals surface area (Å²) in [6.45, 7) is 1.25. The van der Waals surface area contributed by atoms with Crippen LogP contribution < -0.4 is 15.4 Å². The van der Waals surface area contributed by atoms with E-state index in [9.17, 15) is 19.7 Å². The van der Waals surface area contributed by atoms with Crippen molar-refractivity contribution in [1.29, 1.82) is 0 Å². The van der Waals surface area contributed by atoms with Crippen LogP contribution >= 0.6 is 0 Å². The number of nitrogens with zero attached hydrogens (tertiary/aromatic N) is 3. The first-order chi connectivity index (χ1) is 15.9. The van der Waals surface area contributed by atoms with Crippen LogP contribution in [0.25, 0.3) is 16.9 Å². The summed E-state index contributed by atoms with van der Waals surface area (Å²) >= 11 is 0. The van der Waals surface area contributed by atoms with Crippen LogP contribution in [0.3, 0.4) is 0 Å². The van der Waals surface area contributed by atoms with Crippen LogP contribution in [0.5, 0.6) is 5.75 Å². The molecule has 10 heteroatoms. The van der Waals surface area contributed by atoms with Gasteiger partial charge in [0.15, 0.2) is 6.61 Å². The average Bonchev–Trinajstić information content (AvgIpc) is 3.22. The van der Waals surface area contributed by atoms with E-state index in [2.05, 4.69) is 15.6 Å². The summed E-state index contributed by atoms with van der Waals surface area (Å²) < 4.78 is 7.14. The van der Waals surface area contributed by atoms with Crippen LogP contribution in [0.2, 0.25) is 0 Å². The number of imidazole rings is 1. The highest BCUT2D eigenvalue weighted by molar-refractivity contribution is 5.93. The lowest BCUT2D eigenvalue weighted by Crippen LogP contribution is -2.20. The van der Waals surface area contributed by atoms with Gasteiger partial charge in [-0.05, 0) is 54.6 Å². The van der Waals surface area contributed by atoms with E-state index < -0.39 is 4.92 Å². The molecule has 0 saturated carbocycles. The summed E-state index contributed by atoms with van der Waals surface area (Å²) in [5.41, 5.74) is 3.26. The molecule has 4 aromatic rings. The maximum absolute atomic E-state index is 12.1. The second kappa shape index (κ2) is 9.18. The van der Waals surface area contributed by atoms with Gasteiger partial charge in [-0.25, -0.2) is 4.98 Å². The molecule has 166 valence electrons. The van der Waals surface area contributed by atoms with Crippen LogP contribution in [0.15, 0.2) is 73.1 Å². The van der Waals surface area contributed by atoms with E-state index in [1.54, 1.807) is 65.2 Å². The number of rotatable bonds is 7. The number of hydrogen-bond donors (Lipinski definition) is 2. The maximum Gasteiger partial charge on any atom is 0.286 e. The number of fused-ring (bicyclic) bond motifs is 1. The molecule has 33 heavy (non-hydrogen) atoms. The monoisotopic (exact) mass is 445 g/mol. The third-order valence-electron chi connectivity index (χ3n) is 4.66. The Labute approximate surface area is 188 Å². The van der Waals surface area contributed by atoms with Gasteiger partial charge < -0.3 is 15.4 Å². The molecular formula is C23H19N5O5. The molecule has 2 amide bonds. The third kappa shape index (κ3) is 5.31. The van der Waals surface area contributed by atoms with E-state index in [0.29, 0.717) is 28.5 Å². The molecule has 0 spiro atoms. The highest BCUT2D eigenvalue weighted by atomic mass is 16.6. The molecule has 0 aliphatic heterocycles. The van der Waals surface area contributed by atoms with E-state index in [-0.39, 0.29) is 24.1 Å². The number of benzene rings is 2. The van der Waals surface area contributed by atoms with Crippen molar-refractivity contribution in [1.82, 2.24) is 9.38 Å². The van der Waals surface area contributed by atoms with Gasteiger partial charge in [-0.15, -0.1) is 0 Å². The zero-order chi connectivity index (χ0) is 23.4. The minimum absolute atomic E-state index is 0.0165. The van der Waals surface area contributed by atoms with Crippen molar-refractivity contribution in [2.24, 2.45) is 0 Å². The molecule has 2 N–H and O–H groups in total. The van der Waals surface area contributed by atoms with E-state index in [0.717, 1.165) is 5.56 Å². The number of hydrogen-bond acceptors (Lipinski definition) is 6. The van der Waals surface area contributed by atoms with Crippen molar-refractivity contribution < 1.29 is 19.2 Å². The molecule has 0 aliphatic carbocycles. The summed E-state index contributed by atoms with van der Waals surface area (Å²) in [4.78, 5) is 38.1. The SMILES string of the molecule is CC(=O)Nc1ccc(NC(=O)COc2ccc(-c3cn4cc([N+](=O)[O-])ccc4n3)cc2)cc1. The number of carbonyl (C=O) groups excluding carboxylic acids is 2. The molecule has 0 bridgehead atoms. The van der Waals surface area contributed by atoms with E-state index >= 15 is 0 Å². The molecule has 0 aliphatic rings. The summed E-state index contributed by atoms with van der Waals surface area (Å²) in [5, 5.41) is 16.3. The van der Waals surface area contributed by atoms with Gasteiger partial charge in [0.05, 0.1) is 16.8 Å². The summed E-state index contributed by atoms with van der Waals surface area (Å²) in [6, 6.07) is 16.8. The number of carbonyl (C=O) groups is 2. The van der Waals surface area contributed by atoms with Gasteiger partial charge in [0.1, 0.15) is 11.4 Å². The van der Waals surface area contributed by atoms with Crippen LogP contribution in [0.1, 0.15) is 6.92 Å². The minimum atomic E-state index is -0.456. The number of ether oxygens (including phenoxy) is 1. The fraction of sp³-hybridized carbons (Fsp3) is 0.0870. The molecule has 10 nitrogen and oxygen atoms in total. The minimum Gasteiger partial charge on any atom is -0.484 e. The predicted molar refractivity (Wildman–Crippen MR) is 122 cm³/mol. The lowest BCUT2D eigenvalue weighted by atomic mass is 10.2. The first-order valence-electron chi connectivity index (χ1n) is 9.91. The number of aromatic nitrogens is 2. The molecular weight excluding hydrogens is 426 g/mol. The molecule has 2 aromatic carbocycles. The molecule has 0 atom stereocenters. The fourth-order valence-electron chi connectivity index (χ4n) is 3.14. The largest absolute Gasteiger partial charge is 0.484 e. The number of nitrogens with one attached hydrogen (secondary N) is 2. The standard InChI is InChI=1S/C23H19N5O5/c1-15(29)24-17-4-6-18(7-5-17)25-23(30)14-33-20-9-2-16(3-10-20)21-13-27-12-19(28(31)32)8-11-22(27)26-21/h2-13H,14H2,1H3,(H,24,29)(H,25,30). The molecule has 0 fully saturated rings. The first-order valence-corrected chi connectivity index (χ1v) is 9.91. The van der Waals surface area contributed by atoms with Crippen molar-refractivity contribution in [3.63, 3.8) is 0 Å². The normalized spacial score (nSPS) is 10.6. The van der Waals surface area contributed by atoms with Crippen molar-refractivity contribution >= 4 is 34.5 Å². The Morgan fingerprint density at radius 1 is 0.970 bits per heavy atom. The number of anilines is 2. The average molecular weight is 445 g/mol. The maximum atomic E-state index is 12.1. The summed E-state index contributed by atoms with van der Waals surface area (Å²) in [7, 11) is 0. The van der Waals surface area contributed by atoms with E-state index in [1.165, 1.54) is 19.2 Å². The first kappa shape index (κ1) is 21.5. The smallest absolute Gasteiger partial charge is 0.286 e. The molecule has 2 aromatic heterocycles. The fourth-order valence-corrected chi connectivity index (χ4v) is 3.14. The molecule has 0 unspecified atom stereocenters. The Bertz CT molecular complexity index is 1330. The van der Waals surface area contributed by atoms with Crippen LogP contribution in [0, 0.1) is 10.1 Å². The zero-order valence-corrected chi connectivity index (χ0v) is 17.5. The Kier molecular flexibility index (Phi) is 5.98. The van der Waals surface area contributed by atoms with Gasteiger partial charge in [0.2, 0.25) is 5.91 Å². The van der Waals surface area contributed by atoms with Crippen LogP contribution in [0.4, 0.5) is 17.1 Å². The summed E-state index contributed by atoms with van der Waals surface area (Å²) in [5.74, 6) is 0.0129. The van der Waals surface area contributed by atoms with Gasteiger partial charge in [0, 0.05) is 36.1 Å². The van der Waals surface area contributed by atoms with Gasteiger partial charge in [-0.1, -0.05) is 0 Å². The Morgan fingerprint density at radius 3 is 2.27 bits per heavy atom. The van der Waals surface area contributed by atoms with Crippen molar-refractivity contribution in [3.05, 3.63) is 83.2 Å². The second-order valence-electron chi connectivity index (χ2n) is 7.16. The van der Waals surface area contributed by atoms with E-state index in [4.69, 9.17) is 4.74 Å². The zero-order valence-electron chi connectivity index (χ0n) is 17.5. The quantitative estimate of drug-likeness (QED) is 0.328. The second-order valence-corrected chi connectivity index (χ2v) is 7.16. The lowest BCUT2D eigenvalue weighted by molar-refractivity contribution is -0.385. The van der Waals surface area contributed by atoms with Gasteiger partial charge in [0.25, 0.3) is 11.6 Å². The highest BCUT2D eigenvalue weighted by Gasteiger charge is 2.10. The topological polar surface area (TPSA) is 128 Å². The lowest BCUT2D eigenvalue weighted by Gasteiger charge is -2.09. The van der Waals surface area contributed by atoms with Crippen molar-refractivity contribution in [2.75, 3.05) is 17.2 Å². The van der Waals surface area contributed by atoms with Crippen molar-refractivity contribution in [3.8, 4) is 17.0 Å². The molecule has 2 heterocycles. The van der Waals surface area contributed by atoms with Gasteiger partial charge >= 0.3 is 0 Å². The Balaban J connectivity index is 1.35. The molecule has 0 saturated heterocycles. The number of nitro groups is 1. The number of pyridine rings is 1. The Morgan fingerprint density at radius 2 is 1.64 bits per heavy atom. The summed E-state index contributed by atoms with van der Waals surface area (Å²) in [6.07, 6.45) is 3.12. The van der Waals surface area contributed by atoms with Crippen LogP contribution in [-0.4, -0.2) is 32.7 Å². The highest BCUT2D eigenvalue weighted by Crippen LogP contribution is 2.23. The Hall–Kier alpha value is -4.73. The van der Waals surface area contributed by atoms with Gasteiger partial charge in [-0.2, -0.15) is 0 Å². The number of amides is 2. The van der Waals surface area contributed by atoms with Crippen LogP contribution in [-0.2, 0) is 9.59 Å². The molecule has 4 rings (SSSR count). The van der Waals surface area contributed by atoms with E-state index in [1.807, 2.05) is 0 Å². The predicted octanol–water partition coefficient (Wildman–Crippen LogP) is 3.89. The van der Waals surface area contributed by atoms with Gasteiger partial charge in [-0.3, -0.25) is 24.1 Å². The third-order valence-corrected chi connectivity index (χ3v) is 4.66.